The van der Waals surface area contributed by atoms with Gasteiger partial charge in [0.05, 0.1) is 21.7 Å². The fourth-order valence-electron chi connectivity index (χ4n) is 0.955. The lowest BCUT2D eigenvalue weighted by molar-refractivity contribution is 0.403. The van der Waals surface area contributed by atoms with Gasteiger partial charge < -0.3 is 4.74 Å². The molecule has 3 nitrogen and oxygen atoms in total. The van der Waals surface area contributed by atoms with E-state index in [1.165, 1.54) is 13.4 Å². The molecular formula is C8H10BrNO2S. The van der Waals surface area contributed by atoms with Crippen molar-refractivity contribution in [1.82, 2.24) is 0 Å². The van der Waals surface area contributed by atoms with Crippen molar-refractivity contribution < 1.29 is 8.95 Å². The molecule has 0 aromatic heterocycles. The second kappa shape index (κ2) is 3.67. The highest BCUT2D eigenvalue weighted by molar-refractivity contribution is 9.10. The Bertz CT molecular complexity index is 414. The van der Waals surface area contributed by atoms with E-state index >= 15 is 0 Å². The lowest BCUT2D eigenvalue weighted by atomic mass is 10.3. The van der Waals surface area contributed by atoms with Crippen LogP contribution in [0, 0.1) is 4.78 Å². The highest BCUT2D eigenvalue weighted by Gasteiger charge is 2.10. The minimum absolute atomic E-state index is 0.421. The number of hydrogen-bond donors (Lipinski definition) is 1. The quantitative estimate of drug-likeness (QED) is 0.892. The summed E-state index contributed by atoms with van der Waals surface area (Å²) >= 11 is 3.25. The fourth-order valence-corrected chi connectivity index (χ4v) is 2.35. The van der Waals surface area contributed by atoms with Gasteiger partial charge in [-0.1, -0.05) is 15.9 Å². The molecule has 13 heavy (non-hydrogen) atoms. The maximum Gasteiger partial charge on any atom is 0.135 e. The Labute approximate surface area is 86.2 Å². The fraction of sp³-hybridized carbons (Fsp3) is 0.250. The van der Waals surface area contributed by atoms with E-state index in [2.05, 4.69) is 15.9 Å². The van der Waals surface area contributed by atoms with Crippen LogP contribution in [0.4, 0.5) is 0 Å². The number of nitrogens with one attached hydrogen (secondary N) is 1. The topological polar surface area (TPSA) is 50.1 Å². The standard InChI is InChI=1S/C8H10BrNO2S/c1-12-7-4-3-6(9)5-8(7)13(2,10)11/h3-5,10H,1-2H3. The first-order chi connectivity index (χ1) is 5.95. The van der Waals surface area contributed by atoms with Gasteiger partial charge in [0.15, 0.2) is 0 Å². The molecule has 0 amide bonds. The van der Waals surface area contributed by atoms with Gasteiger partial charge in [0.25, 0.3) is 0 Å². The zero-order chi connectivity index (χ0) is 10.1. The minimum atomic E-state index is -2.72. The van der Waals surface area contributed by atoms with Crippen LogP contribution in [0.15, 0.2) is 27.6 Å². The van der Waals surface area contributed by atoms with Gasteiger partial charge in [0, 0.05) is 10.7 Å². The van der Waals surface area contributed by atoms with Gasteiger partial charge in [-0.3, -0.25) is 0 Å². The van der Waals surface area contributed by atoms with Crippen molar-refractivity contribution in [3.8, 4) is 5.75 Å². The highest BCUT2D eigenvalue weighted by Crippen LogP contribution is 2.27. The maximum absolute atomic E-state index is 11.5. The molecule has 0 aliphatic heterocycles. The predicted octanol–water partition coefficient (Wildman–Crippen LogP) is 2.49. The summed E-state index contributed by atoms with van der Waals surface area (Å²) in [5.41, 5.74) is 0. The molecular weight excluding hydrogens is 254 g/mol. The number of ether oxygens (including phenoxy) is 1. The van der Waals surface area contributed by atoms with Crippen LogP contribution in [0.2, 0.25) is 0 Å². The third-order valence-electron chi connectivity index (χ3n) is 1.55. The number of hydrogen-bond acceptors (Lipinski definition) is 3. The molecule has 0 aliphatic rings. The average Bonchev–Trinajstić information content (AvgIpc) is 2.03. The second-order valence-corrected chi connectivity index (χ2v) is 5.68. The molecule has 1 aromatic rings. The first-order valence-corrected chi connectivity index (χ1v) is 6.28. The molecule has 1 N–H and O–H groups in total. The Morgan fingerprint density at radius 1 is 1.54 bits per heavy atom. The van der Waals surface area contributed by atoms with Gasteiger partial charge in [-0.05, 0) is 18.2 Å². The number of benzene rings is 1. The van der Waals surface area contributed by atoms with Crippen LogP contribution >= 0.6 is 15.9 Å². The van der Waals surface area contributed by atoms with Gasteiger partial charge in [-0.2, -0.15) is 0 Å². The van der Waals surface area contributed by atoms with Crippen LogP contribution in [0.1, 0.15) is 0 Å². The molecule has 72 valence electrons. The van der Waals surface area contributed by atoms with Gasteiger partial charge >= 0.3 is 0 Å². The normalized spacial score (nSPS) is 15.0. The monoisotopic (exact) mass is 263 g/mol. The molecule has 0 radical (unpaired) electrons. The Hall–Kier alpha value is -0.550. The molecule has 0 saturated heterocycles. The van der Waals surface area contributed by atoms with E-state index in [1.807, 2.05) is 0 Å². The van der Waals surface area contributed by atoms with E-state index in [-0.39, 0.29) is 0 Å². The molecule has 1 unspecified atom stereocenters. The van der Waals surface area contributed by atoms with Crippen molar-refractivity contribution in [3.63, 3.8) is 0 Å². The van der Waals surface area contributed by atoms with Gasteiger partial charge in [-0.15, -0.1) is 0 Å². The van der Waals surface area contributed by atoms with Crippen molar-refractivity contribution >= 4 is 25.7 Å². The van der Waals surface area contributed by atoms with Gasteiger partial charge in [-0.25, -0.2) is 8.99 Å². The summed E-state index contributed by atoms with van der Waals surface area (Å²) in [6.07, 6.45) is 1.37. The zero-order valence-corrected chi connectivity index (χ0v) is 9.74. The smallest absolute Gasteiger partial charge is 0.135 e. The van der Waals surface area contributed by atoms with Crippen molar-refractivity contribution in [2.75, 3.05) is 13.4 Å². The number of halogens is 1. The Balaban J connectivity index is 3.41. The van der Waals surface area contributed by atoms with Gasteiger partial charge in [0.2, 0.25) is 0 Å². The summed E-state index contributed by atoms with van der Waals surface area (Å²) < 4.78 is 24.7. The molecule has 0 spiro atoms. The van der Waals surface area contributed by atoms with Crippen LogP contribution in [0.3, 0.4) is 0 Å². The molecule has 0 fully saturated rings. The summed E-state index contributed by atoms with van der Waals surface area (Å²) in [5.74, 6) is 0.491. The second-order valence-electron chi connectivity index (χ2n) is 2.64. The third kappa shape index (κ3) is 2.45. The molecule has 1 aromatic carbocycles. The molecule has 0 saturated carbocycles. The van der Waals surface area contributed by atoms with Crippen LogP contribution in [0.5, 0.6) is 5.75 Å². The van der Waals surface area contributed by atoms with E-state index in [0.717, 1.165) is 4.47 Å². The summed E-state index contributed by atoms with van der Waals surface area (Å²) in [6, 6.07) is 5.12. The average molecular weight is 264 g/mol. The Kier molecular flexibility index (Phi) is 2.98. The lowest BCUT2D eigenvalue weighted by Gasteiger charge is -2.08. The molecule has 1 atom stereocenters. The van der Waals surface area contributed by atoms with Crippen molar-refractivity contribution in [3.05, 3.63) is 22.7 Å². The first-order valence-electron chi connectivity index (χ1n) is 3.52. The van der Waals surface area contributed by atoms with Crippen molar-refractivity contribution in [1.29, 1.82) is 4.78 Å². The number of methoxy groups -OCH3 is 1. The first kappa shape index (κ1) is 10.5. The van der Waals surface area contributed by atoms with Crippen LogP contribution in [0.25, 0.3) is 0 Å². The van der Waals surface area contributed by atoms with E-state index in [9.17, 15) is 4.21 Å². The molecule has 5 heteroatoms. The molecule has 0 aliphatic carbocycles. The zero-order valence-electron chi connectivity index (χ0n) is 7.33. The Morgan fingerprint density at radius 2 is 2.15 bits per heavy atom. The van der Waals surface area contributed by atoms with Gasteiger partial charge in [0.1, 0.15) is 5.75 Å². The van der Waals surface area contributed by atoms with Crippen LogP contribution < -0.4 is 4.74 Å². The van der Waals surface area contributed by atoms with E-state index in [1.54, 1.807) is 18.2 Å². The minimum Gasteiger partial charge on any atom is -0.495 e. The molecule has 0 heterocycles. The highest BCUT2D eigenvalue weighted by atomic mass is 79.9. The Morgan fingerprint density at radius 3 is 2.62 bits per heavy atom. The largest absolute Gasteiger partial charge is 0.495 e. The summed E-state index contributed by atoms with van der Waals surface area (Å²) in [4.78, 5) is 0.421. The van der Waals surface area contributed by atoms with Crippen LogP contribution in [-0.2, 0) is 9.73 Å². The summed E-state index contributed by atoms with van der Waals surface area (Å²) in [5, 5.41) is 0. The predicted molar refractivity (Wildman–Crippen MR) is 55.7 cm³/mol. The third-order valence-corrected chi connectivity index (χ3v) is 3.20. The lowest BCUT2D eigenvalue weighted by Crippen LogP contribution is -1.98. The maximum atomic E-state index is 11.5. The van der Waals surface area contributed by atoms with Crippen molar-refractivity contribution in [2.24, 2.45) is 0 Å². The molecule has 1 rings (SSSR count). The van der Waals surface area contributed by atoms with E-state index in [4.69, 9.17) is 9.52 Å². The summed E-state index contributed by atoms with van der Waals surface area (Å²) in [6.45, 7) is 0. The van der Waals surface area contributed by atoms with E-state index in [0.29, 0.717) is 10.6 Å². The SMILES string of the molecule is COc1ccc(Br)cc1S(C)(=N)=O. The summed E-state index contributed by atoms with van der Waals surface area (Å²) in [7, 11) is -1.23. The molecule has 0 bridgehead atoms. The number of rotatable bonds is 2. The van der Waals surface area contributed by atoms with E-state index < -0.39 is 9.73 Å². The van der Waals surface area contributed by atoms with Crippen LogP contribution in [-0.4, -0.2) is 17.6 Å². The van der Waals surface area contributed by atoms with Crippen molar-refractivity contribution in [2.45, 2.75) is 4.90 Å².